The molecule has 0 radical (unpaired) electrons. The molecule has 172 valence electrons. The highest BCUT2D eigenvalue weighted by molar-refractivity contribution is 5.86. The van der Waals surface area contributed by atoms with Crippen molar-refractivity contribution in [1.82, 2.24) is 19.1 Å². The van der Waals surface area contributed by atoms with Crippen LogP contribution < -0.4 is 10.6 Å². The molecular formula is C26H25N5O3. The van der Waals surface area contributed by atoms with Gasteiger partial charge in [-0.05, 0) is 42.0 Å². The summed E-state index contributed by atoms with van der Waals surface area (Å²) < 4.78 is 3.46. The fourth-order valence-corrected chi connectivity index (χ4v) is 4.38. The lowest BCUT2D eigenvalue weighted by Crippen LogP contribution is -2.37. The first kappa shape index (κ1) is 21.6. The standard InChI is InChI=1S/C26H25N5O3/c32-24(33)22-16-27-25(28-17-22)29-12-10-19(11-13-29)18-30-14-15-31(26(30)34)23-8-6-21(7-9-23)20-4-2-1-3-5-20/h1-9,14-17,19H,10-13,18H2,(H,32,33). The van der Waals surface area contributed by atoms with Crippen LogP contribution in [-0.2, 0) is 6.54 Å². The summed E-state index contributed by atoms with van der Waals surface area (Å²) >= 11 is 0. The Morgan fingerprint density at radius 3 is 2.21 bits per heavy atom. The number of carboxylic acid groups (broad SMARTS) is 1. The molecule has 0 aliphatic carbocycles. The summed E-state index contributed by atoms with van der Waals surface area (Å²) in [5.41, 5.74) is 3.15. The third kappa shape index (κ3) is 4.47. The van der Waals surface area contributed by atoms with E-state index >= 15 is 0 Å². The van der Waals surface area contributed by atoms with Gasteiger partial charge in [-0.3, -0.25) is 9.13 Å². The average molecular weight is 456 g/mol. The van der Waals surface area contributed by atoms with Crippen molar-refractivity contribution in [3.05, 3.63) is 95.4 Å². The van der Waals surface area contributed by atoms with Gasteiger partial charge in [0.1, 0.15) is 0 Å². The molecule has 0 unspecified atom stereocenters. The third-order valence-electron chi connectivity index (χ3n) is 6.34. The summed E-state index contributed by atoms with van der Waals surface area (Å²) in [4.78, 5) is 34.4. The fourth-order valence-electron chi connectivity index (χ4n) is 4.38. The van der Waals surface area contributed by atoms with Gasteiger partial charge in [0.05, 0.1) is 11.3 Å². The maximum Gasteiger partial charge on any atom is 0.338 e. The molecule has 5 rings (SSSR count). The van der Waals surface area contributed by atoms with Gasteiger partial charge in [-0.2, -0.15) is 0 Å². The molecule has 8 heteroatoms. The Balaban J connectivity index is 1.22. The quantitative estimate of drug-likeness (QED) is 0.476. The monoisotopic (exact) mass is 455 g/mol. The van der Waals surface area contributed by atoms with E-state index in [1.165, 1.54) is 12.4 Å². The first-order chi connectivity index (χ1) is 16.6. The number of aromatic carboxylic acids is 1. The summed E-state index contributed by atoms with van der Waals surface area (Å²) in [6.07, 6.45) is 8.18. The molecule has 0 atom stereocenters. The molecule has 0 amide bonds. The third-order valence-corrected chi connectivity index (χ3v) is 6.34. The molecule has 2 aromatic carbocycles. The van der Waals surface area contributed by atoms with E-state index in [0.29, 0.717) is 18.4 Å². The van der Waals surface area contributed by atoms with Crippen LogP contribution in [-0.4, -0.2) is 43.3 Å². The second kappa shape index (κ2) is 9.35. The number of anilines is 1. The molecule has 1 fully saturated rings. The van der Waals surface area contributed by atoms with E-state index in [1.54, 1.807) is 9.13 Å². The highest BCUT2D eigenvalue weighted by Crippen LogP contribution is 2.23. The topological polar surface area (TPSA) is 93.2 Å². The Morgan fingerprint density at radius 1 is 0.912 bits per heavy atom. The molecular weight excluding hydrogens is 430 g/mol. The van der Waals surface area contributed by atoms with Gasteiger partial charge in [-0.25, -0.2) is 19.6 Å². The predicted molar refractivity (Wildman–Crippen MR) is 129 cm³/mol. The van der Waals surface area contributed by atoms with Crippen LogP contribution in [0.5, 0.6) is 0 Å². The van der Waals surface area contributed by atoms with Crippen LogP contribution in [0.1, 0.15) is 23.2 Å². The van der Waals surface area contributed by atoms with Gasteiger partial charge < -0.3 is 10.0 Å². The molecule has 1 aliphatic heterocycles. The first-order valence-corrected chi connectivity index (χ1v) is 11.3. The molecule has 4 aromatic rings. The van der Waals surface area contributed by atoms with Gasteiger partial charge in [0, 0.05) is 44.4 Å². The average Bonchev–Trinajstić information content (AvgIpc) is 3.25. The Labute approximate surface area is 196 Å². The van der Waals surface area contributed by atoms with Crippen LogP contribution in [0.25, 0.3) is 16.8 Å². The molecule has 3 heterocycles. The van der Waals surface area contributed by atoms with Gasteiger partial charge >= 0.3 is 11.7 Å². The number of hydrogen-bond donors (Lipinski definition) is 1. The number of benzene rings is 2. The van der Waals surface area contributed by atoms with Crippen molar-refractivity contribution in [2.24, 2.45) is 5.92 Å². The lowest BCUT2D eigenvalue weighted by Gasteiger charge is -2.31. The van der Waals surface area contributed by atoms with E-state index in [2.05, 4.69) is 27.0 Å². The maximum absolute atomic E-state index is 13.0. The van der Waals surface area contributed by atoms with Crippen LogP contribution in [0.4, 0.5) is 5.95 Å². The van der Waals surface area contributed by atoms with Crippen molar-refractivity contribution >= 4 is 11.9 Å². The number of hydrogen-bond acceptors (Lipinski definition) is 5. The van der Waals surface area contributed by atoms with Crippen molar-refractivity contribution in [2.75, 3.05) is 18.0 Å². The number of imidazole rings is 1. The summed E-state index contributed by atoms with van der Waals surface area (Å²) in [5.74, 6) is -0.107. The molecule has 34 heavy (non-hydrogen) atoms. The van der Waals surface area contributed by atoms with E-state index in [1.807, 2.05) is 54.9 Å². The van der Waals surface area contributed by atoms with E-state index in [-0.39, 0.29) is 11.3 Å². The molecule has 0 spiro atoms. The Kier molecular flexibility index (Phi) is 5.95. The highest BCUT2D eigenvalue weighted by Gasteiger charge is 2.22. The lowest BCUT2D eigenvalue weighted by atomic mass is 9.97. The van der Waals surface area contributed by atoms with Crippen molar-refractivity contribution in [3.8, 4) is 16.8 Å². The minimum Gasteiger partial charge on any atom is -0.478 e. The number of rotatable bonds is 6. The van der Waals surface area contributed by atoms with Gasteiger partial charge in [-0.1, -0.05) is 42.5 Å². The minimum absolute atomic E-state index is 0.0394. The Hall–Kier alpha value is -4.20. The second-order valence-electron chi connectivity index (χ2n) is 8.52. The summed E-state index contributed by atoms with van der Waals surface area (Å²) in [7, 11) is 0. The SMILES string of the molecule is O=C(O)c1cnc(N2CCC(Cn3ccn(-c4ccc(-c5ccccc5)cc4)c3=O)CC2)nc1. The van der Waals surface area contributed by atoms with Crippen molar-refractivity contribution in [2.45, 2.75) is 19.4 Å². The predicted octanol–water partition coefficient (Wildman–Crippen LogP) is 3.71. The molecule has 1 aliphatic rings. The first-order valence-electron chi connectivity index (χ1n) is 11.3. The zero-order chi connectivity index (χ0) is 23.5. The summed E-state index contributed by atoms with van der Waals surface area (Å²) in [6.45, 7) is 2.21. The van der Waals surface area contributed by atoms with Crippen molar-refractivity contribution < 1.29 is 9.90 Å². The Bertz CT molecular complexity index is 1320. The number of nitrogens with zero attached hydrogens (tertiary/aromatic N) is 5. The lowest BCUT2D eigenvalue weighted by molar-refractivity contribution is 0.0696. The van der Waals surface area contributed by atoms with E-state index < -0.39 is 5.97 Å². The van der Waals surface area contributed by atoms with Gasteiger partial charge in [-0.15, -0.1) is 0 Å². The number of aromatic nitrogens is 4. The van der Waals surface area contributed by atoms with Crippen LogP contribution in [0.3, 0.4) is 0 Å². The van der Waals surface area contributed by atoms with Crippen LogP contribution in [0.15, 0.2) is 84.2 Å². The van der Waals surface area contributed by atoms with E-state index in [4.69, 9.17) is 5.11 Å². The van der Waals surface area contributed by atoms with Crippen molar-refractivity contribution in [3.63, 3.8) is 0 Å². The second-order valence-corrected chi connectivity index (χ2v) is 8.52. The molecule has 2 aromatic heterocycles. The van der Waals surface area contributed by atoms with Crippen LogP contribution >= 0.6 is 0 Å². The van der Waals surface area contributed by atoms with Gasteiger partial charge in [0.15, 0.2) is 0 Å². The minimum atomic E-state index is -1.03. The summed E-state index contributed by atoms with van der Waals surface area (Å²) in [6, 6.07) is 18.2. The van der Waals surface area contributed by atoms with E-state index in [0.717, 1.165) is 42.7 Å². The fraction of sp³-hybridized carbons (Fsp3) is 0.231. The van der Waals surface area contributed by atoms with Gasteiger partial charge in [0.2, 0.25) is 5.95 Å². The van der Waals surface area contributed by atoms with Crippen LogP contribution in [0, 0.1) is 5.92 Å². The van der Waals surface area contributed by atoms with Gasteiger partial charge in [0.25, 0.3) is 0 Å². The molecule has 1 N–H and O–H groups in total. The number of piperidine rings is 1. The highest BCUT2D eigenvalue weighted by atomic mass is 16.4. The van der Waals surface area contributed by atoms with Crippen molar-refractivity contribution in [1.29, 1.82) is 0 Å². The summed E-state index contributed by atoms with van der Waals surface area (Å²) in [5, 5.41) is 8.99. The molecule has 0 saturated carbocycles. The zero-order valence-electron chi connectivity index (χ0n) is 18.6. The smallest absolute Gasteiger partial charge is 0.338 e. The molecule has 0 bridgehead atoms. The zero-order valence-corrected chi connectivity index (χ0v) is 18.6. The molecule has 8 nitrogen and oxygen atoms in total. The normalized spacial score (nSPS) is 14.3. The number of carbonyl (C=O) groups is 1. The van der Waals surface area contributed by atoms with Crippen LogP contribution in [0.2, 0.25) is 0 Å². The van der Waals surface area contributed by atoms with E-state index in [9.17, 15) is 9.59 Å². The largest absolute Gasteiger partial charge is 0.478 e. The maximum atomic E-state index is 13.0. The Morgan fingerprint density at radius 2 is 1.56 bits per heavy atom. The molecule has 1 saturated heterocycles. The number of carboxylic acids is 1.